The van der Waals surface area contributed by atoms with Crippen LogP contribution in [0.2, 0.25) is 0 Å². The van der Waals surface area contributed by atoms with Gasteiger partial charge in [-0.15, -0.1) is 0 Å². The molecule has 0 radical (unpaired) electrons. The van der Waals surface area contributed by atoms with Crippen molar-refractivity contribution < 1.29 is 22.7 Å². The lowest BCUT2D eigenvalue weighted by Crippen LogP contribution is -2.30. The van der Waals surface area contributed by atoms with Gasteiger partial charge in [0.2, 0.25) is 0 Å². The van der Waals surface area contributed by atoms with E-state index in [0.29, 0.717) is 24.5 Å². The lowest BCUT2D eigenvalue weighted by Gasteiger charge is -2.26. The molecule has 27 heavy (non-hydrogen) atoms. The van der Waals surface area contributed by atoms with Crippen LogP contribution in [0, 0.1) is 0 Å². The zero-order valence-corrected chi connectivity index (χ0v) is 16.8. The molecule has 1 amide bonds. The monoisotopic (exact) mass is 391 g/mol. The molecule has 0 N–H and O–H groups in total. The largest absolute Gasteiger partial charge is 0.490 e. The summed E-state index contributed by atoms with van der Waals surface area (Å²) < 4.78 is 33.8. The molecule has 0 aliphatic heterocycles. The molecular weight excluding hydrogens is 366 g/mol. The van der Waals surface area contributed by atoms with Crippen molar-refractivity contribution in [3.05, 3.63) is 59.7 Å². The highest BCUT2D eigenvalue weighted by Crippen LogP contribution is 2.26. The fourth-order valence-corrected chi connectivity index (χ4v) is 3.22. The number of carbonyl (C=O) groups is 1. The summed E-state index contributed by atoms with van der Waals surface area (Å²) in [6.07, 6.45) is 1.17. The Hall–Kier alpha value is -2.38. The summed E-state index contributed by atoms with van der Waals surface area (Å²) in [5.74, 6) is 0.328. The van der Waals surface area contributed by atoms with Crippen LogP contribution >= 0.6 is 0 Å². The van der Waals surface area contributed by atoms with E-state index >= 15 is 0 Å². The second-order valence-corrected chi connectivity index (χ2v) is 8.29. The van der Waals surface area contributed by atoms with Crippen molar-refractivity contribution in [3.63, 3.8) is 0 Å². The molecule has 2 aromatic rings. The summed E-state index contributed by atoms with van der Waals surface area (Å²) in [4.78, 5) is 14.8. The molecular formula is C20H25NO5S. The molecule has 0 fully saturated rings. The Morgan fingerprint density at radius 1 is 1.07 bits per heavy atom. The molecule has 0 aliphatic rings. The van der Waals surface area contributed by atoms with Crippen LogP contribution in [-0.2, 0) is 14.6 Å². The zero-order chi connectivity index (χ0) is 20.0. The maximum Gasteiger partial charge on any atom is 0.257 e. The summed E-state index contributed by atoms with van der Waals surface area (Å²) >= 11 is 0. The quantitative estimate of drug-likeness (QED) is 0.647. The Bertz CT molecular complexity index is 878. The molecule has 1 unspecified atom stereocenters. The highest BCUT2D eigenvalue weighted by Gasteiger charge is 2.22. The first-order chi connectivity index (χ1) is 12.8. The number of hydrogen-bond acceptors (Lipinski definition) is 5. The highest BCUT2D eigenvalue weighted by atomic mass is 32.2. The second kappa shape index (κ2) is 9.01. The molecule has 0 heterocycles. The van der Waals surface area contributed by atoms with Crippen LogP contribution in [0.4, 0.5) is 0 Å². The van der Waals surface area contributed by atoms with Crippen molar-refractivity contribution in [3.8, 4) is 5.75 Å². The number of hydrogen-bond donors (Lipinski definition) is 0. The Kier molecular flexibility index (Phi) is 6.98. The third kappa shape index (κ3) is 5.30. The maximum atomic E-state index is 13.0. The van der Waals surface area contributed by atoms with Crippen LogP contribution in [0.15, 0.2) is 53.4 Å². The number of sulfone groups is 1. The standard InChI is InChI=1S/C20H25NO5S/c1-15(16-9-11-17(12-10-16)27(4,23)24)21(2)20(22)18-7-5-6-8-19(18)26-14-13-25-3/h5-12,15H,13-14H2,1-4H3. The van der Waals surface area contributed by atoms with Crippen LogP contribution in [0.1, 0.15) is 28.9 Å². The first kappa shape index (κ1) is 20.9. The number of methoxy groups -OCH3 is 1. The van der Waals surface area contributed by atoms with Gasteiger partial charge >= 0.3 is 0 Å². The van der Waals surface area contributed by atoms with E-state index in [4.69, 9.17) is 9.47 Å². The van der Waals surface area contributed by atoms with Crippen molar-refractivity contribution in [1.29, 1.82) is 0 Å². The molecule has 0 saturated carbocycles. The summed E-state index contributed by atoms with van der Waals surface area (Å²) in [6, 6.07) is 13.4. The van der Waals surface area contributed by atoms with Gasteiger partial charge in [-0.2, -0.15) is 0 Å². The molecule has 0 spiro atoms. The van der Waals surface area contributed by atoms with Crippen molar-refractivity contribution in [2.45, 2.75) is 17.9 Å². The third-order valence-corrected chi connectivity index (χ3v) is 5.48. The van der Waals surface area contributed by atoms with Crippen molar-refractivity contribution in [1.82, 2.24) is 4.90 Å². The predicted octanol–water partition coefficient (Wildman–Crippen LogP) is 2.95. The van der Waals surface area contributed by atoms with E-state index in [1.54, 1.807) is 61.5 Å². The molecule has 7 heteroatoms. The van der Waals surface area contributed by atoms with E-state index in [2.05, 4.69) is 0 Å². The molecule has 2 aromatic carbocycles. The highest BCUT2D eigenvalue weighted by molar-refractivity contribution is 7.90. The minimum atomic E-state index is -3.25. The van der Waals surface area contributed by atoms with Crippen molar-refractivity contribution >= 4 is 15.7 Å². The maximum absolute atomic E-state index is 13.0. The van der Waals surface area contributed by atoms with Crippen LogP contribution in [0.5, 0.6) is 5.75 Å². The van der Waals surface area contributed by atoms with Crippen LogP contribution in [0.25, 0.3) is 0 Å². The summed E-state index contributed by atoms with van der Waals surface area (Å²) in [5.41, 5.74) is 1.31. The first-order valence-corrected chi connectivity index (χ1v) is 10.4. The van der Waals surface area contributed by atoms with Gasteiger partial charge < -0.3 is 14.4 Å². The summed E-state index contributed by atoms with van der Waals surface area (Å²) in [5, 5.41) is 0. The normalized spacial score (nSPS) is 12.4. The van der Waals surface area contributed by atoms with Gasteiger partial charge in [0, 0.05) is 20.4 Å². The van der Waals surface area contributed by atoms with E-state index in [0.717, 1.165) is 5.56 Å². The van der Waals surface area contributed by atoms with E-state index in [-0.39, 0.29) is 16.8 Å². The topological polar surface area (TPSA) is 72.9 Å². The number of rotatable bonds is 8. The third-order valence-electron chi connectivity index (χ3n) is 4.35. The average molecular weight is 391 g/mol. The average Bonchev–Trinajstić information content (AvgIpc) is 2.66. The zero-order valence-electron chi connectivity index (χ0n) is 16.0. The van der Waals surface area contributed by atoms with Gasteiger partial charge in [0.25, 0.3) is 5.91 Å². The molecule has 1 atom stereocenters. The number of carbonyl (C=O) groups excluding carboxylic acids is 1. The predicted molar refractivity (Wildman–Crippen MR) is 104 cm³/mol. The minimum Gasteiger partial charge on any atom is -0.490 e. The molecule has 146 valence electrons. The van der Waals surface area contributed by atoms with E-state index in [1.807, 2.05) is 13.0 Å². The fourth-order valence-electron chi connectivity index (χ4n) is 2.59. The molecule has 0 aromatic heterocycles. The van der Waals surface area contributed by atoms with E-state index in [1.165, 1.54) is 6.26 Å². The second-order valence-electron chi connectivity index (χ2n) is 6.27. The molecule has 0 bridgehead atoms. The number of para-hydroxylation sites is 1. The van der Waals surface area contributed by atoms with Gasteiger partial charge in [0.15, 0.2) is 9.84 Å². The Morgan fingerprint density at radius 3 is 2.30 bits per heavy atom. The van der Waals surface area contributed by atoms with Gasteiger partial charge in [-0.1, -0.05) is 24.3 Å². The van der Waals surface area contributed by atoms with Crippen molar-refractivity contribution in [2.24, 2.45) is 0 Å². The molecule has 6 nitrogen and oxygen atoms in total. The Morgan fingerprint density at radius 2 is 1.70 bits per heavy atom. The number of benzene rings is 2. The van der Waals surface area contributed by atoms with Gasteiger partial charge in [-0.05, 0) is 36.8 Å². The number of amides is 1. The van der Waals surface area contributed by atoms with Crippen LogP contribution in [0.3, 0.4) is 0 Å². The van der Waals surface area contributed by atoms with Gasteiger partial charge in [0.05, 0.1) is 23.1 Å². The molecule has 0 saturated heterocycles. The van der Waals surface area contributed by atoms with Crippen LogP contribution in [-0.4, -0.2) is 52.9 Å². The fraction of sp³-hybridized carbons (Fsp3) is 0.350. The lowest BCUT2D eigenvalue weighted by molar-refractivity contribution is 0.0735. The molecule has 0 aliphatic carbocycles. The lowest BCUT2D eigenvalue weighted by atomic mass is 10.1. The van der Waals surface area contributed by atoms with Crippen LogP contribution < -0.4 is 4.74 Å². The summed E-state index contributed by atoms with van der Waals surface area (Å²) in [6.45, 7) is 2.68. The molecule has 2 rings (SSSR count). The Labute approximate surface area is 160 Å². The first-order valence-electron chi connectivity index (χ1n) is 8.53. The SMILES string of the molecule is COCCOc1ccccc1C(=O)N(C)C(C)c1ccc(S(C)(=O)=O)cc1. The van der Waals surface area contributed by atoms with E-state index in [9.17, 15) is 13.2 Å². The number of ether oxygens (including phenoxy) is 2. The minimum absolute atomic E-state index is 0.178. The van der Waals surface area contributed by atoms with E-state index < -0.39 is 9.84 Å². The van der Waals surface area contributed by atoms with Gasteiger partial charge in [0.1, 0.15) is 12.4 Å². The smallest absolute Gasteiger partial charge is 0.257 e. The van der Waals surface area contributed by atoms with Gasteiger partial charge in [-0.25, -0.2) is 8.42 Å². The number of nitrogens with zero attached hydrogens (tertiary/aromatic N) is 1. The van der Waals surface area contributed by atoms with Crippen molar-refractivity contribution in [2.75, 3.05) is 33.6 Å². The Balaban J connectivity index is 2.19. The van der Waals surface area contributed by atoms with Gasteiger partial charge in [-0.3, -0.25) is 4.79 Å². The summed E-state index contributed by atoms with van der Waals surface area (Å²) in [7, 11) is 0.0510.